The monoisotopic (exact) mass is 531 g/mol. The summed E-state index contributed by atoms with van der Waals surface area (Å²) in [7, 11) is -3.58. The Bertz CT molecular complexity index is 1370. The number of hydrogen-bond acceptors (Lipinski definition) is 6. The lowest BCUT2D eigenvalue weighted by Crippen LogP contribution is -2.25. The molecule has 0 aliphatic rings. The second kappa shape index (κ2) is 12.3. The number of sulfonamides is 1. The predicted molar refractivity (Wildman–Crippen MR) is 142 cm³/mol. The van der Waals surface area contributed by atoms with Crippen molar-refractivity contribution in [1.29, 1.82) is 0 Å². The zero-order valence-corrected chi connectivity index (χ0v) is 21.7. The van der Waals surface area contributed by atoms with Gasteiger partial charge in [-0.2, -0.15) is 0 Å². The number of carbonyl (C=O) groups excluding carboxylic acids is 1. The van der Waals surface area contributed by atoms with Crippen LogP contribution >= 0.6 is 11.3 Å². The fraction of sp³-hybridized carbons (Fsp3) is 0.208. The van der Waals surface area contributed by atoms with E-state index in [9.17, 15) is 18.0 Å². The Morgan fingerprint density at radius 2 is 1.67 bits per heavy atom. The summed E-state index contributed by atoms with van der Waals surface area (Å²) in [6, 6.07) is 14.5. The molecule has 3 aromatic rings. The van der Waals surface area contributed by atoms with E-state index in [-0.39, 0.29) is 29.7 Å². The molecule has 0 radical (unpaired) electrons. The van der Waals surface area contributed by atoms with E-state index in [0.717, 1.165) is 16.0 Å². The van der Waals surface area contributed by atoms with Crippen LogP contribution in [0.2, 0.25) is 0 Å². The molecule has 0 unspecified atom stereocenters. The molecule has 36 heavy (non-hydrogen) atoms. The number of nitrogens with one attached hydrogen (secondary N) is 1. The summed E-state index contributed by atoms with van der Waals surface area (Å²) in [5.41, 5.74) is 14.7. The Morgan fingerprint density at radius 3 is 2.22 bits per heavy atom. The Kier molecular flexibility index (Phi) is 9.73. The summed E-state index contributed by atoms with van der Waals surface area (Å²) < 4.78 is 22.3. The van der Waals surface area contributed by atoms with Crippen LogP contribution in [0, 0.1) is 20.8 Å². The third-order valence-electron chi connectivity index (χ3n) is 4.73. The van der Waals surface area contributed by atoms with Crippen LogP contribution in [-0.2, 0) is 14.8 Å². The third kappa shape index (κ3) is 8.48. The number of amides is 1. The van der Waals surface area contributed by atoms with Gasteiger partial charge in [0.25, 0.3) is 5.91 Å². The van der Waals surface area contributed by atoms with Gasteiger partial charge in [0.2, 0.25) is 10.0 Å². The lowest BCUT2D eigenvalue weighted by atomic mass is 10.1. The Morgan fingerprint density at radius 1 is 1.03 bits per heavy atom. The number of hydrogen-bond donors (Lipinski definition) is 5. The number of benzene rings is 2. The van der Waals surface area contributed by atoms with Crippen molar-refractivity contribution in [1.82, 2.24) is 5.32 Å². The molecule has 1 heterocycles. The maximum atomic E-state index is 11.9. The zero-order chi connectivity index (χ0) is 27.0. The number of rotatable bonds is 7. The number of carboxylic acid groups (broad SMARTS) is 1. The molecule has 0 spiro atoms. The molecule has 0 aliphatic carbocycles. The summed E-state index contributed by atoms with van der Waals surface area (Å²) in [6.45, 7) is 5.52. The number of aryl methyl sites for hydroxylation is 3. The van der Waals surface area contributed by atoms with Crippen molar-refractivity contribution in [2.45, 2.75) is 32.1 Å². The number of nitrogens with zero attached hydrogens (tertiary/aromatic N) is 1. The molecular formula is C24H29N5O5S2. The largest absolute Gasteiger partial charge is 0.481 e. The number of primary sulfonamides is 1. The van der Waals surface area contributed by atoms with Crippen LogP contribution in [0.4, 0.5) is 5.69 Å². The quantitative estimate of drug-likeness (QED) is 0.228. The lowest BCUT2D eigenvalue weighted by molar-refractivity contribution is -0.136. The van der Waals surface area contributed by atoms with E-state index < -0.39 is 16.0 Å². The molecule has 0 saturated carbocycles. The van der Waals surface area contributed by atoms with Crippen LogP contribution in [0.3, 0.4) is 0 Å². The molecule has 0 atom stereocenters. The molecule has 1 amide bonds. The van der Waals surface area contributed by atoms with Gasteiger partial charge in [0.1, 0.15) is 0 Å². The van der Waals surface area contributed by atoms with Crippen molar-refractivity contribution in [3.05, 3.63) is 70.1 Å². The smallest absolute Gasteiger partial charge is 0.305 e. The first-order valence-electron chi connectivity index (χ1n) is 10.7. The minimum atomic E-state index is -3.58. The van der Waals surface area contributed by atoms with Gasteiger partial charge in [-0.3, -0.25) is 9.59 Å². The number of aliphatic carboxylic acids is 1. The van der Waals surface area contributed by atoms with Crippen LogP contribution in [0.1, 0.15) is 32.8 Å². The minimum absolute atomic E-state index is 0.0215. The van der Waals surface area contributed by atoms with Gasteiger partial charge < -0.3 is 21.9 Å². The van der Waals surface area contributed by atoms with Gasteiger partial charge in [0.15, 0.2) is 5.96 Å². The molecule has 2 aromatic carbocycles. The van der Waals surface area contributed by atoms with Gasteiger partial charge in [-0.1, -0.05) is 29.8 Å². The summed E-state index contributed by atoms with van der Waals surface area (Å²) >= 11 is 1.31. The first-order valence-corrected chi connectivity index (χ1v) is 13.0. The summed E-state index contributed by atoms with van der Waals surface area (Å²) in [5, 5.41) is 16.2. The first-order chi connectivity index (χ1) is 16.8. The van der Waals surface area contributed by atoms with Crippen LogP contribution in [0.5, 0.6) is 0 Å². The Labute approximate surface area is 213 Å². The van der Waals surface area contributed by atoms with Crippen molar-refractivity contribution in [2.75, 3.05) is 6.54 Å². The van der Waals surface area contributed by atoms with E-state index in [2.05, 4.69) is 10.3 Å². The summed E-state index contributed by atoms with van der Waals surface area (Å²) in [6.07, 6.45) is -0.107. The summed E-state index contributed by atoms with van der Waals surface area (Å²) in [5.74, 6) is -1.26. The van der Waals surface area contributed by atoms with Crippen LogP contribution < -0.4 is 21.9 Å². The molecular weight excluding hydrogens is 502 g/mol. The number of aliphatic imine (C=N–C) groups is 1. The second-order valence-corrected chi connectivity index (χ2v) is 10.5. The van der Waals surface area contributed by atoms with Crippen molar-refractivity contribution in [2.24, 2.45) is 21.6 Å². The minimum Gasteiger partial charge on any atom is -0.481 e. The molecule has 0 fully saturated rings. The first kappa shape index (κ1) is 28.5. The van der Waals surface area contributed by atoms with Crippen LogP contribution in [-0.4, -0.2) is 37.9 Å². The zero-order valence-electron chi connectivity index (χ0n) is 20.1. The van der Waals surface area contributed by atoms with E-state index in [1.54, 1.807) is 26.0 Å². The number of guanidine groups is 1. The normalized spacial score (nSPS) is 10.7. The Balaban J connectivity index is 0.000000297. The maximum absolute atomic E-state index is 11.9. The molecule has 1 aromatic heterocycles. The van der Waals surface area contributed by atoms with E-state index in [0.29, 0.717) is 21.7 Å². The molecule has 0 aliphatic heterocycles. The predicted octanol–water partition coefficient (Wildman–Crippen LogP) is 2.78. The highest BCUT2D eigenvalue weighted by molar-refractivity contribution is 7.89. The number of carboxylic acids is 1. The Hall–Kier alpha value is -3.74. The van der Waals surface area contributed by atoms with E-state index in [1.807, 2.05) is 43.3 Å². The summed E-state index contributed by atoms with van der Waals surface area (Å²) in [4.78, 5) is 28.0. The number of thiophene rings is 1. The van der Waals surface area contributed by atoms with Crippen LogP contribution in [0.15, 0.2) is 58.4 Å². The molecule has 3 rings (SSSR count). The number of nitrogens with two attached hydrogens (primary N) is 3. The van der Waals surface area contributed by atoms with Gasteiger partial charge in [0, 0.05) is 11.4 Å². The van der Waals surface area contributed by atoms with E-state index in [1.165, 1.54) is 11.3 Å². The molecule has 12 heteroatoms. The van der Waals surface area contributed by atoms with Crippen LogP contribution in [0.25, 0.3) is 10.4 Å². The van der Waals surface area contributed by atoms with E-state index in [4.69, 9.17) is 21.7 Å². The lowest BCUT2D eigenvalue weighted by Gasteiger charge is -2.08. The topological polar surface area (TPSA) is 191 Å². The highest BCUT2D eigenvalue weighted by Gasteiger charge is 2.14. The highest BCUT2D eigenvalue weighted by atomic mass is 32.2. The highest BCUT2D eigenvalue weighted by Crippen LogP contribution is 2.30. The van der Waals surface area contributed by atoms with Crippen molar-refractivity contribution >= 4 is 44.9 Å². The molecule has 0 bridgehead atoms. The standard InChI is InChI=1S/C15H16N4O3S.C9H13NO2S/c16-15(17)19-10-3-1-2-9(8-10)11-4-5-12(23-11)14(22)18-7-6-13(20)21;1-6-4-7(2)9(8(3)5-6)13(10,11)12/h1-5,8H,6-7H2,(H,18,22)(H,20,21)(H4,16,17,19);4-5H,1-3H3,(H2,10,11,12). The fourth-order valence-corrected chi connectivity index (χ4v) is 5.41. The molecule has 0 saturated heterocycles. The SMILES string of the molecule is Cc1cc(C)c(S(N)(=O)=O)c(C)c1.NC(N)=Nc1cccc(-c2ccc(C(=O)NCCC(=O)O)s2)c1. The number of carbonyl (C=O) groups is 2. The van der Waals surface area contributed by atoms with Gasteiger partial charge >= 0.3 is 5.97 Å². The van der Waals surface area contributed by atoms with Crippen molar-refractivity contribution in [3.63, 3.8) is 0 Å². The van der Waals surface area contributed by atoms with Gasteiger partial charge in [-0.15, -0.1) is 11.3 Å². The molecule has 10 nitrogen and oxygen atoms in total. The van der Waals surface area contributed by atoms with Crippen molar-refractivity contribution in [3.8, 4) is 10.4 Å². The van der Waals surface area contributed by atoms with Gasteiger partial charge in [0.05, 0.1) is 21.9 Å². The average Bonchev–Trinajstić information content (AvgIpc) is 3.22. The van der Waals surface area contributed by atoms with Gasteiger partial charge in [-0.25, -0.2) is 18.5 Å². The fourth-order valence-electron chi connectivity index (χ4n) is 3.48. The third-order valence-corrected chi connectivity index (χ3v) is 7.08. The maximum Gasteiger partial charge on any atom is 0.305 e. The van der Waals surface area contributed by atoms with Crippen molar-refractivity contribution < 1.29 is 23.1 Å². The van der Waals surface area contributed by atoms with Gasteiger partial charge in [-0.05, 0) is 61.7 Å². The second-order valence-electron chi connectivity index (χ2n) is 7.92. The molecule has 8 N–H and O–H groups in total. The van der Waals surface area contributed by atoms with E-state index >= 15 is 0 Å². The molecule has 192 valence electrons. The average molecular weight is 532 g/mol.